The number of fused-ring (bicyclic) bond motifs is 1. The van der Waals surface area contributed by atoms with E-state index in [9.17, 15) is 14.4 Å². The van der Waals surface area contributed by atoms with Gasteiger partial charge in [0.1, 0.15) is 6.04 Å². The van der Waals surface area contributed by atoms with Gasteiger partial charge in [0, 0.05) is 5.69 Å². The molecule has 6 heteroatoms. The molecule has 1 atom stereocenters. The number of para-hydroxylation sites is 1. The summed E-state index contributed by atoms with van der Waals surface area (Å²) in [6.07, 6.45) is -0.140. The van der Waals surface area contributed by atoms with Crippen molar-refractivity contribution in [3.8, 4) is 0 Å². The molecule has 0 fully saturated rings. The van der Waals surface area contributed by atoms with Gasteiger partial charge in [0.05, 0.1) is 17.7 Å². The molecular formula is C19H19N3O3. The Balaban J connectivity index is 1.71. The molecule has 3 amide bonds. The molecule has 0 saturated heterocycles. The van der Waals surface area contributed by atoms with Crippen LogP contribution in [0.5, 0.6) is 0 Å². The topological polar surface area (TPSA) is 87.3 Å². The van der Waals surface area contributed by atoms with Gasteiger partial charge < -0.3 is 16.0 Å². The minimum Gasteiger partial charge on any atom is -0.340 e. The van der Waals surface area contributed by atoms with Gasteiger partial charge in [-0.05, 0) is 37.6 Å². The van der Waals surface area contributed by atoms with E-state index in [1.807, 2.05) is 32.0 Å². The third kappa shape index (κ3) is 3.68. The van der Waals surface area contributed by atoms with Gasteiger partial charge in [0.2, 0.25) is 11.8 Å². The molecule has 3 N–H and O–H groups in total. The highest BCUT2D eigenvalue weighted by Crippen LogP contribution is 2.20. The van der Waals surface area contributed by atoms with E-state index in [-0.39, 0.29) is 18.2 Å². The lowest BCUT2D eigenvalue weighted by atomic mass is 10.1. The molecule has 1 aliphatic rings. The van der Waals surface area contributed by atoms with E-state index in [2.05, 4.69) is 16.0 Å². The van der Waals surface area contributed by atoms with Crippen LogP contribution < -0.4 is 16.0 Å². The summed E-state index contributed by atoms with van der Waals surface area (Å²) in [6, 6.07) is 11.5. The first kappa shape index (κ1) is 16.7. The monoisotopic (exact) mass is 337 g/mol. The first-order valence-electron chi connectivity index (χ1n) is 8.02. The summed E-state index contributed by atoms with van der Waals surface area (Å²) in [5.41, 5.74) is 3.56. The molecule has 0 bridgehead atoms. The van der Waals surface area contributed by atoms with Crippen LogP contribution in [0.25, 0.3) is 0 Å². The summed E-state index contributed by atoms with van der Waals surface area (Å²) in [5.74, 6) is -1.12. The zero-order chi connectivity index (χ0) is 18.0. The van der Waals surface area contributed by atoms with E-state index in [1.165, 1.54) is 0 Å². The van der Waals surface area contributed by atoms with Crippen LogP contribution in [0.15, 0.2) is 42.5 Å². The van der Waals surface area contributed by atoms with Crippen LogP contribution in [0.1, 0.15) is 27.9 Å². The van der Waals surface area contributed by atoms with Crippen LogP contribution in [0, 0.1) is 13.8 Å². The van der Waals surface area contributed by atoms with Gasteiger partial charge in [-0.2, -0.15) is 0 Å². The predicted octanol–water partition coefficient (Wildman–Crippen LogP) is 2.38. The molecule has 0 saturated carbocycles. The highest BCUT2D eigenvalue weighted by molar-refractivity contribution is 6.11. The Hall–Kier alpha value is -3.15. The Kier molecular flexibility index (Phi) is 4.52. The molecule has 1 aliphatic heterocycles. The number of anilines is 2. The lowest BCUT2D eigenvalue weighted by Crippen LogP contribution is -2.43. The van der Waals surface area contributed by atoms with E-state index >= 15 is 0 Å². The fraction of sp³-hybridized carbons (Fsp3) is 0.211. The number of amides is 3. The molecule has 0 radical (unpaired) electrons. The van der Waals surface area contributed by atoms with Gasteiger partial charge in [-0.15, -0.1) is 0 Å². The van der Waals surface area contributed by atoms with E-state index in [1.54, 1.807) is 24.3 Å². The molecule has 25 heavy (non-hydrogen) atoms. The lowest BCUT2D eigenvalue weighted by molar-refractivity contribution is -0.122. The highest BCUT2D eigenvalue weighted by atomic mass is 16.2. The van der Waals surface area contributed by atoms with Crippen molar-refractivity contribution >= 4 is 29.1 Å². The van der Waals surface area contributed by atoms with Crippen molar-refractivity contribution in [3.05, 3.63) is 59.2 Å². The average molecular weight is 337 g/mol. The minimum absolute atomic E-state index is 0.140. The van der Waals surface area contributed by atoms with Crippen molar-refractivity contribution in [2.45, 2.75) is 26.3 Å². The third-order valence-electron chi connectivity index (χ3n) is 4.10. The maximum atomic E-state index is 12.3. The molecule has 3 rings (SSSR count). The standard InChI is InChI=1S/C19H19N3O3/c1-11-7-8-14(12(2)9-11)20-17(23)10-16-19(25)21-15-6-4-3-5-13(15)18(24)22-16/h3-9,16H,10H2,1-2H3,(H,20,23)(H,21,25)(H,22,24). The van der Waals surface area contributed by atoms with Gasteiger partial charge in [-0.3, -0.25) is 14.4 Å². The lowest BCUT2D eigenvalue weighted by Gasteiger charge is -2.15. The molecule has 1 unspecified atom stereocenters. The van der Waals surface area contributed by atoms with Crippen molar-refractivity contribution in [3.63, 3.8) is 0 Å². The van der Waals surface area contributed by atoms with E-state index in [0.29, 0.717) is 16.9 Å². The largest absolute Gasteiger partial charge is 0.340 e. The van der Waals surface area contributed by atoms with Gasteiger partial charge in [-0.25, -0.2) is 0 Å². The fourth-order valence-electron chi connectivity index (χ4n) is 2.80. The number of benzene rings is 2. The Morgan fingerprint density at radius 1 is 1.12 bits per heavy atom. The molecule has 1 heterocycles. The first-order chi connectivity index (χ1) is 11.9. The van der Waals surface area contributed by atoms with E-state index in [4.69, 9.17) is 0 Å². The molecule has 0 aromatic heterocycles. The second-order valence-electron chi connectivity index (χ2n) is 6.13. The molecule has 6 nitrogen and oxygen atoms in total. The summed E-state index contributed by atoms with van der Waals surface area (Å²) < 4.78 is 0. The van der Waals surface area contributed by atoms with Crippen LogP contribution in [0.2, 0.25) is 0 Å². The zero-order valence-corrected chi connectivity index (χ0v) is 14.1. The fourth-order valence-corrected chi connectivity index (χ4v) is 2.80. The number of carbonyl (C=O) groups excluding carboxylic acids is 3. The predicted molar refractivity (Wildman–Crippen MR) is 95.5 cm³/mol. The number of nitrogens with one attached hydrogen (secondary N) is 3. The van der Waals surface area contributed by atoms with Gasteiger partial charge in [-0.1, -0.05) is 29.8 Å². The Bertz CT molecular complexity index is 861. The van der Waals surface area contributed by atoms with Gasteiger partial charge in [0.25, 0.3) is 5.91 Å². The summed E-state index contributed by atoms with van der Waals surface area (Å²) in [6.45, 7) is 3.88. The van der Waals surface area contributed by atoms with Crippen LogP contribution in [-0.4, -0.2) is 23.8 Å². The van der Waals surface area contributed by atoms with Crippen molar-refractivity contribution in [2.24, 2.45) is 0 Å². The Morgan fingerprint density at radius 3 is 2.64 bits per heavy atom. The molecule has 0 aliphatic carbocycles. The van der Waals surface area contributed by atoms with Crippen LogP contribution in [0.3, 0.4) is 0 Å². The molecule has 2 aromatic rings. The Labute approximate surface area is 145 Å². The zero-order valence-electron chi connectivity index (χ0n) is 14.1. The third-order valence-corrected chi connectivity index (χ3v) is 4.10. The summed E-state index contributed by atoms with van der Waals surface area (Å²) in [7, 11) is 0. The van der Waals surface area contributed by atoms with Gasteiger partial charge >= 0.3 is 0 Å². The smallest absolute Gasteiger partial charge is 0.254 e. The summed E-state index contributed by atoms with van der Waals surface area (Å²) in [4.78, 5) is 36.9. The highest BCUT2D eigenvalue weighted by Gasteiger charge is 2.29. The molecular weight excluding hydrogens is 318 g/mol. The van der Waals surface area contributed by atoms with E-state index < -0.39 is 11.9 Å². The second kappa shape index (κ2) is 6.76. The minimum atomic E-state index is -0.925. The average Bonchev–Trinajstić information content (AvgIpc) is 2.68. The molecule has 128 valence electrons. The maximum absolute atomic E-state index is 12.3. The van der Waals surface area contributed by atoms with Crippen molar-refractivity contribution in [1.29, 1.82) is 0 Å². The Morgan fingerprint density at radius 2 is 1.88 bits per heavy atom. The van der Waals surface area contributed by atoms with Crippen molar-refractivity contribution in [2.75, 3.05) is 10.6 Å². The van der Waals surface area contributed by atoms with Gasteiger partial charge in [0.15, 0.2) is 0 Å². The second-order valence-corrected chi connectivity index (χ2v) is 6.13. The maximum Gasteiger partial charge on any atom is 0.254 e. The van der Waals surface area contributed by atoms with E-state index in [0.717, 1.165) is 11.1 Å². The van der Waals surface area contributed by atoms with Crippen LogP contribution >= 0.6 is 0 Å². The number of hydrogen-bond donors (Lipinski definition) is 3. The quantitative estimate of drug-likeness (QED) is 0.803. The first-order valence-corrected chi connectivity index (χ1v) is 8.02. The number of aryl methyl sites for hydroxylation is 2. The normalized spacial score (nSPS) is 16.3. The van der Waals surface area contributed by atoms with Crippen LogP contribution in [-0.2, 0) is 9.59 Å². The number of carbonyl (C=O) groups is 3. The molecule has 0 spiro atoms. The number of rotatable bonds is 3. The van der Waals surface area contributed by atoms with Crippen LogP contribution in [0.4, 0.5) is 11.4 Å². The number of hydrogen-bond acceptors (Lipinski definition) is 3. The van der Waals surface area contributed by atoms with Crippen molar-refractivity contribution in [1.82, 2.24) is 5.32 Å². The van der Waals surface area contributed by atoms with Crippen molar-refractivity contribution < 1.29 is 14.4 Å². The molecule has 2 aromatic carbocycles. The summed E-state index contributed by atoms with van der Waals surface area (Å²) >= 11 is 0. The summed E-state index contributed by atoms with van der Waals surface area (Å²) in [5, 5.41) is 8.09. The SMILES string of the molecule is Cc1ccc(NC(=O)CC2NC(=O)c3ccccc3NC2=O)c(C)c1.